The lowest BCUT2D eigenvalue weighted by Gasteiger charge is -2.30. The Morgan fingerprint density at radius 3 is 2.42 bits per heavy atom. The van der Waals surface area contributed by atoms with Crippen LogP contribution in [0, 0.1) is 17.7 Å². The van der Waals surface area contributed by atoms with Crippen LogP contribution >= 0.6 is 0 Å². The smallest absolute Gasteiger partial charge is 0.253 e. The largest absolute Gasteiger partial charge is 0.379 e. The van der Waals surface area contributed by atoms with Crippen molar-refractivity contribution in [3.8, 4) is 11.8 Å². The van der Waals surface area contributed by atoms with E-state index in [1.165, 1.54) is 6.07 Å². The summed E-state index contributed by atoms with van der Waals surface area (Å²) >= 11 is 0. The van der Waals surface area contributed by atoms with Gasteiger partial charge in [-0.3, -0.25) is 9.69 Å². The maximum Gasteiger partial charge on any atom is 0.253 e. The second kappa shape index (κ2) is 11.9. The number of rotatable bonds is 7. The molecule has 1 aliphatic heterocycles. The number of amides is 1. The van der Waals surface area contributed by atoms with Crippen molar-refractivity contribution < 1.29 is 19.1 Å². The van der Waals surface area contributed by atoms with Gasteiger partial charge in [0.15, 0.2) is 0 Å². The normalized spacial score (nSPS) is 15.9. The highest BCUT2D eigenvalue weighted by Gasteiger charge is 2.23. The van der Waals surface area contributed by atoms with E-state index in [2.05, 4.69) is 27.5 Å². The second-order valence-corrected chi connectivity index (χ2v) is 8.07. The summed E-state index contributed by atoms with van der Waals surface area (Å²) in [7, 11) is 3.37. The van der Waals surface area contributed by atoms with Crippen molar-refractivity contribution in [2.45, 2.75) is 25.7 Å². The summed E-state index contributed by atoms with van der Waals surface area (Å²) in [5, 5.41) is 12.1. The van der Waals surface area contributed by atoms with Crippen molar-refractivity contribution in [1.82, 2.24) is 20.6 Å². The van der Waals surface area contributed by atoms with Crippen LogP contribution in [0.4, 0.5) is 4.39 Å². The molecule has 1 heterocycles. The first-order valence-electron chi connectivity index (χ1n) is 11.0. The van der Waals surface area contributed by atoms with Gasteiger partial charge in [0, 0.05) is 48.9 Å². The van der Waals surface area contributed by atoms with Crippen LogP contribution in [-0.4, -0.2) is 73.5 Å². The van der Waals surface area contributed by atoms with Gasteiger partial charge in [-0.25, -0.2) is 4.39 Å². The van der Waals surface area contributed by atoms with Gasteiger partial charge in [-0.05, 0) is 50.4 Å². The Bertz CT molecular complexity index is 993. The molecule has 2 aromatic rings. The molecule has 0 radical (unpaired) electrons. The molecule has 0 aromatic heterocycles. The number of hydroxylamine groups is 1. The molecule has 7 nitrogen and oxygen atoms in total. The Hall–Kier alpha value is -2.80. The second-order valence-electron chi connectivity index (χ2n) is 8.07. The van der Waals surface area contributed by atoms with Crippen LogP contribution < -0.4 is 10.8 Å². The van der Waals surface area contributed by atoms with E-state index in [1.807, 2.05) is 13.0 Å². The SMILES string of the molecule is CNC(NO)C(C)N(C)C(=O)c1ccc(C#Cc2ccc(CN3CCOCC3)c(F)c2)cc1. The number of halogens is 1. The molecule has 3 rings (SSSR count). The average molecular weight is 455 g/mol. The maximum atomic E-state index is 14.5. The number of hydrogen-bond acceptors (Lipinski definition) is 6. The Morgan fingerprint density at radius 2 is 1.82 bits per heavy atom. The summed E-state index contributed by atoms with van der Waals surface area (Å²) in [4.78, 5) is 16.4. The molecular weight excluding hydrogens is 423 g/mol. The molecule has 176 valence electrons. The van der Waals surface area contributed by atoms with Crippen molar-refractivity contribution >= 4 is 5.91 Å². The number of likely N-dealkylation sites (N-methyl/N-ethyl adjacent to an activating group) is 2. The number of hydrogen-bond donors (Lipinski definition) is 3. The van der Waals surface area contributed by atoms with Gasteiger partial charge < -0.3 is 20.2 Å². The first-order valence-corrected chi connectivity index (χ1v) is 11.0. The zero-order valence-corrected chi connectivity index (χ0v) is 19.3. The van der Waals surface area contributed by atoms with Crippen molar-refractivity contribution in [2.24, 2.45) is 0 Å². The minimum atomic E-state index is -0.454. The predicted molar refractivity (Wildman–Crippen MR) is 124 cm³/mol. The van der Waals surface area contributed by atoms with E-state index < -0.39 is 6.17 Å². The molecule has 0 saturated carbocycles. The number of morpholine rings is 1. The Labute approximate surface area is 194 Å². The molecule has 3 N–H and O–H groups in total. The average Bonchev–Trinajstić information content (AvgIpc) is 2.85. The molecule has 1 amide bonds. The number of benzene rings is 2. The standard InChI is InChI=1S/C25H31FN4O3/c1-18(24(27-2)28-32)29(3)25(31)21-9-6-19(7-10-21)4-5-20-8-11-22(23(26)16-20)17-30-12-14-33-15-13-30/h6-11,16,18,24,27-28,32H,12-15,17H2,1-3H3. The number of nitrogens with one attached hydrogen (secondary N) is 2. The number of carbonyl (C=O) groups excluding carboxylic acids is 1. The monoisotopic (exact) mass is 454 g/mol. The van der Waals surface area contributed by atoms with E-state index >= 15 is 0 Å². The van der Waals surface area contributed by atoms with Crippen molar-refractivity contribution in [2.75, 3.05) is 40.4 Å². The van der Waals surface area contributed by atoms with Crippen LogP contribution in [0.2, 0.25) is 0 Å². The summed E-state index contributed by atoms with van der Waals surface area (Å²) in [5.41, 5.74) is 4.64. The summed E-state index contributed by atoms with van der Waals surface area (Å²) in [6, 6.07) is 11.7. The van der Waals surface area contributed by atoms with Gasteiger partial charge in [0.05, 0.1) is 19.3 Å². The molecule has 1 aliphatic rings. The van der Waals surface area contributed by atoms with Crippen LogP contribution in [0.1, 0.15) is 34.0 Å². The lowest BCUT2D eigenvalue weighted by atomic mass is 10.1. The third-order valence-electron chi connectivity index (χ3n) is 5.90. The van der Waals surface area contributed by atoms with Gasteiger partial charge in [0.25, 0.3) is 5.91 Å². The maximum absolute atomic E-state index is 14.5. The molecular formula is C25H31FN4O3. The van der Waals surface area contributed by atoms with Gasteiger partial charge in [0.1, 0.15) is 12.0 Å². The minimum Gasteiger partial charge on any atom is -0.379 e. The van der Waals surface area contributed by atoms with E-state index in [4.69, 9.17) is 4.74 Å². The molecule has 0 aliphatic carbocycles. The fraction of sp³-hybridized carbons (Fsp3) is 0.400. The Kier molecular flexibility index (Phi) is 8.95. The lowest BCUT2D eigenvalue weighted by Crippen LogP contribution is -2.54. The van der Waals surface area contributed by atoms with Crippen molar-refractivity contribution in [3.63, 3.8) is 0 Å². The summed E-state index contributed by atoms with van der Waals surface area (Å²) < 4.78 is 19.9. The fourth-order valence-corrected chi connectivity index (χ4v) is 3.62. The molecule has 2 atom stereocenters. The first-order chi connectivity index (χ1) is 15.9. The topological polar surface area (TPSA) is 77.1 Å². The summed E-state index contributed by atoms with van der Waals surface area (Å²) in [6.07, 6.45) is -0.454. The summed E-state index contributed by atoms with van der Waals surface area (Å²) in [6.45, 7) is 5.37. The molecule has 8 heteroatoms. The highest BCUT2D eigenvalue weighted by molar-refractivity contribution is 5.94. The van der Waals surface area contributed by atoms with Gasteiger partial charge in [-0.15, -0.1) is 0 Å². The molecule has 0 bridgehead atoms. The third kappa shape index (κ3) is 6.60. The third-order valence-corrected chi connectivity index (χ3v) is 5.90. The molecule has 1 fully saturated rings. The van der Waals surface area contributed by atoms with Gasteiger partial charge >= 0.3 is 0 Å². The van der Waals surface area contributed by atoms with Crippen molar-refractivity contribution in [3.05, 3.63) is 70.5 Å². The van der Waals surface area contributed by atoms with E-state index in [-0.39, 0.29) is 17.8 Å². The van der Waals surface area contributed by atoms with Crippen LogP contribution in [0.15, 0.2) is 42.5 Å². The van der Waals surface area contributed by atoms with Gasteiger partial charge in [0.2, 0.25) is 0 Å². The summed E-state index contributed by atoms with van der Waals surface area (Å²) in [5.74, 6) is 5.58. The molecule has 1 saturated heterocycles. The van der Waals surface area contributed by atoms with Gasteiger partial charge in [-0.1, -0.05) is 17.9 Å². The predicted octanol–water partition coefficient (Wildman–Crippen LogP) is 2.04. The highest BCUT2D eigenvalue weighted by Crippen LogP contribution is 2.14. The Morgan fingerprint density at radius 1 is 1.18 bits per heavy atom. The Balaban J connectivity index is 1.64. The van der Waals surface area contributed by atoms with E-state index in [0.717, 1.165) is 18.7 Å². The lowest BCUT2D eigenvalue weighted by molar-refractivity contribution is 0.0337. The molecule has 0 spiro atoms. The number of nitrogens with zero attached hydrogens (tertiary/aromatic N) is 2. The zero-order chi connectivity index (χ0) is 23.8. The minimum absolute atomic E-state index is 0.171. The van der Waals surface area contributed by atoms with E-state index in [0.29, 0.717) is 36.4 Å². The van der Waals surface area contributed by atoms with E-state index in [9.17, 15) is 14.4 Å². The van der Waals surface area contributed by atoms with Crippen molar-refractivity contribution in [1.29, 1.82) is 0 Å². The van der Waals surface area contributed by atoms with Crippen LogP contribution in [0.5, 0.6) is 0 Å². The molecule has 33 heavy (non-hydrogen) atoms. The quantitative estimate of drug-likeness (QED) is 0.338. The first kappa shape index (κ1) is 24.8. The van der Waals surface area contributed by atoms with Gasteiger partial charge in [-0.2, -0.15) is 5.48 Å². The fourth-order valence-electron chi connectivity index (χ4n) is 3.62. The zero-order valence-electron chi connectivity index (χ0n) is 19.3. The number of carbonyl (C=O) groups is 1. The van der Waals surface area contributed by atoms with Crippen LogP contribution in [0.25, 0.3) is 0 Å². The highest BCUT2D eigenvalue weighted by atomic mass is 19.1. The van der Waals surface area contributed by atoms with Crippen LogP contribution in [0.3, 0.4) is 0 Å². The van der Waals surface area contributed by atoms with E-state index in [1.54, 1.807) is 49.3 Å². The molecule has 2 aromatic carbocycles. The van der Waals surface area contributed by atoms with Crippen LogP contribution in [-0.2, 0) is 11.3 Å². The number of ether oxygens (including phenoxy) is 1. The molecule has 2 unspecified atom stereocenters.